The van der Waals surface area contributed by atoms with Crippen molar-refractivity contribution in [2.24, 2.45) is 0 Å². The molecule has 6 heteroatoms. The van der Waals surface area contributed by atoms with Gasteiger partial charge in [0.05, 0.1) is 13.1 Å². The van der Waals surface area contributed by atoms with Crippen LogP contribution in [0.5, 0.6) is 0 Å². The van der Waals surface area contributed by atoms with Gasteiger partial charge < -0.3 is 5.32 Å². The van der Waals surface area contributed by atoms with Crippen molar-refractivity contribution in [1.82, 2.24) is 20.1 Å². The van der Waals surface area contributed by atoms with E-state index >= 15 is 0 Å². The molecule has 0 amide bonds. The second-order valence-electron chi connectivity index (χ2n) is 4.59. The van der Waals surface area contributed by atoms with Crippen LogP contribution >= 0.6 is 11.6 Å². The number of benzene rings is 1. The first-order valence-electron chi connectivity index (χ1n) is 6.11. The quantitative estimate of drug-likeness (QED) is 0.917. The lowest BCUT2D eigenvalue weighted by Gasteiger charge is -2.06. The molecule has 0 saturated carbocycles. The first-order valence-corrected chi connectivity index (χ1v) is 6.48. The number of hydrogen-bond donors (Lipinski definition) is 1. The molecule has 2 rings (SSSR count). The Labute approximate surface area is 116 Å². The third-order valence-electron chi connectivity index (χ3n) is 2.63. The molecule has 0 unspecified atom stereocenters. The fourth-order valence-electron chi connectivity index (χ4n) is 1.63. The maximum absolute atomic E-state index is 13.6. The lowest BCUT2D eigenvalue weighted by atomic mass is 10.2. The zero-order valence-corrected chi connectivity index (χ0v) is 11.7. The van der Waals surface area contributed by atoms with Crippen LogP contribution in [0.25, 0.3) is 0 Å². The molecule has 4 nitrogen and oxygen atoms in total. The van der Waals surface area contributed by atoms with Crippen LogP contribution in [0.3, 0.4) is 0 Å². The smallest absolute Gasteiger partial charge is 0.164 e. The monoisotopic (exact) mass is 282 g/mol. The van der Waals surface area contributed by atoms with Gasteiger partial charge in [-0.25, -0.2) is 14.1 Å². The maximum atomic E-state index is 13.6. The molecule has 0 fully saturated rings. The highest BCUT2D eigenvalue weighted by Crippen LogP contribution is 2.19. The number of hydrogen-bond acceptors (Lipinski definition) is 3. The highest BCUT2D eigenvalue weighted by atomic mass is 35.5. The highest BCUT2D eigenvalue weighted by Gasteiger charge is 2.09. The standard InChI is InChI=1S/C13H16ClFN4/c1-9(2)16-6-13-17-8-19(18-13)7-10-11(14)4-3-5-12(10)15/h3-5,8-9,16H,6-7H2,1-2H3. The SMILES string of the molecule is CC(C)NCc1ncn(Cc2c(F)cccc2Cl)n1. The van der Waals surface area contributed by atoms with Gasteiger partial charge in [-0.3, -0.25) is 0 Å². The van der Waals surface area contributed by atoms with Crippen LogP contribution in [0.15, 0.2) is 24.5 Å². The Morgan fingerprint density at radius 3 is 2.89 bits per heavy atom. The van der Waals surface area contributed by atoms with E-state index in [2.05, 4.69) is 29.2 Å². The first-order chi connectivity index (χ1) is 9.06. The summed E-state index contributed by atoms with van der Waals surface area (Å²) in [5.41, 5.74) is 0.428. The summed E-state index contributed by atoms with van der Waals surface area (Å²) in [6, 6.07) is 5.01. The van der Waals surface area contributed by atoms with Gasteiger partial charge >= 0.3 is 0 Å². The minimum atomic E-state index is -0.329. The largest absolute Gasteiger partial charge is 0.308 e. The van der Waals surface area contributed by atoms with Gasteiger partial charge in [0.15, 0.2) is 5.82 Å². The molecule has 0 aliphatic carbocycles. The first kappa shape index (κ1) is 14.0. The molecule has 1 aromatic heterocycles. The Hall–Kier alpha value is -1.46. The molecule has 1 N–H and O–H groups in total. The predicted molar refractivity (Wildman–Crippen MR) is 72.5 cm³/mol. The van der Waals surface area contributed by atoms with Gasteiger partial charge in [0, 0.05) is 16.6 Å². The molecule has 0 atom stereocenters. The van der Waals surface area contributed by atoms with Gasteiger partial charge in [-0.2, -0.15) is 5.10 Å². The zero-order chi connectivity index (χ0) is 13.8. The van der Waals surface area contributed by atoms with Gasteiger partial charge in [-0.1, -0.05) is 31.5 Å². The van der Waals surface area contributed by atoms with Crippen molar-refractivity contribution >= 4 is 11.6 Å². The summed E-state index contributed by atoms with van der Waals surface area (Å²) in [4.78, 5) is 4.17. The van der Waals surface area contributed by atoms with E-state index in [4.69, 9.17) is 11.6 Å². The third-order valence-corrected chi connectivity index (χ3v) is 2.99. The van der Waals surface area contributed by atoms with Crippen molar-refractivity contribution < 1.29 is 4.39 Å². The molecule has 1 heterocycles. The molecule has 0 saturated heterocycles. The van der Waals surface area contributed by atoms with Gasteiger partial charge in [0.2, 0.25) is 0 Å². The predicted octanol–water partition coefficient (Wildman–Crippen LogP) is 2.62. The Bertz CT molecular complexity index is 533. The lowest BCUT2D eigenvalue weighted by molar-refractivity contribution is 0.558. The van der Waals surface area contributed by atoms with Crippen LogP contribution in [0.2, 0.25) is 5.02 Å². The van der Waals surface area contributed by atoms with Gasteiger partial charge in [-0.05, 0) is 12.1 Å². The van der Waals surface area contributed by atoms with E-state index in [1.807, 2.05) is 0 Å². The maximum Gasteiger partial charge on any atom is 0.164 e. The summed E-state index contributed by atoms with van der Waals surface area (Å²) in [5, 5.41) is 7.90. The fourth-order valence-corrected chi connectivity index (χ4v) is 1.85. The molecule has 0 spiro atoms. The number of nitrogens with zero attached hydrogens (tertiary/aromatic N) is 3. The summed E-state index contributed by atoms with van der Waals surface area (Å²) in [5.74, 6) is 0.353. The number of nitrogens with one attached hydrogen (secondary N) is 1. The Morgan fingerprint density at radius 2 is 2.21 bits per heavy atom. The molecule has 0 aliphatic rings. The molecular weight excluding hydrogens is 267 g/mol. The van der Waals surface area contributed by atoms with Crippen molar-refractivity contribution in [1.29, 1.82) is 0 Å². The van der Waals surface area contributed by atoms with Crippen molar-refractivity contribution in [2.45, 2.75) is 33.0 Å². The van der Waals surface area contributed by atoms with Crippen molar-refractivity contribution in [3.8, 4) is 0 Å². The molecule has 19 heavy (non-hydrogen) atoms. The van der Waals surface area contributed by atoms with Gasteiger partial charge in [0.1, 0.15) is 12.1 Å². The number of rotatable bonds is 5. The number of aromatic nitrogens is 3. The van der Waals surface area contributed by atoms with Crippen LogP contribution in [0.1, 0.15) is 25.2 Å². The molecular formula is C13H16ClFN4. The van der Waals surface area contributed by atoms with Crippen LogP contribution in [0, 0.1) is 5.82 Å². The molecule has 0 bridgehead atoms. The van der Waals surface area contributed by atoms with Gasteiger partial charge in [0.25, 0.3) is 0 Å². The molecule has 0 radical (unpaired) electrons. The third kappa shape index (κ3) is 3.75. The van der Waals surface area contributed by atoms with E-state index in [1.54, 1.807) is 23.1 Å². The molecule has 0 aliphatic heterocycles. The van der Waals surface area contributed by atoms with Gasteiger partial charge in [-0.15, -0.1) is 0 Å². The second-order valence-corrected chi connectivity index (χ2v) is 5.00. The van der Waals surface area contributed by atoms with Crippen molar-refractivity contribution in [3.05, 3.63) is 46.8 Å². The average molecular weight is 283 g/mol. The summed E-state index contributed by atoms with van der Waals surface area (Å²) < 4.78 is 15.2. The van der Waals surface area contributed by atoms with E-state index in [1.165, 1.54) is 6.07 Å². The van der Waals surface area contributed by atoms with E-state index in [0.717, 1.165) is 0 Å². The van der Waals surface area contributed by atoms with Crippen LogP contribution < -0.4 is 5.32 Å². The van der Waals surface area contributed by atoms with Crippen LogP contribution in [-0.2, 0) is 13.1 Å². The van der Waals surface area contributed by atoms with Crippen molar-refractivity contribution in [2.75, 3.05) is 0 Å². The lowest BCUT2D eigenvalue weighted by Crippen LogP contribution is -2.22. The minimum Gasteiger partial charge on any atom is -0.308 e. The van der Waals surface area contributed by atoms with E-state index in [9.17, 15) is 4.39 Å². The Morgan fingerprint density at radius 1 is 1.42 bits per heavy atom. The zero-order valence-electron chi connectivity index (χ0n) is 10.9. The average Bonchev–Trinajstić information content (AvgIpc) is 2.79. The topological polar surface area (TPSA) is 42.7 Å². The van der Waals surface area contributed by atoms with E-state index in [-0.39, 0.29) is 12.4 Å². The normalized spacial score (nSPS) is 11.2. The summed E-state index contributed by atoms with van der Waals surface area (Å²) in [6.45, 7) is 4.97. The number of halogens is 2. The van der Waals surface area contributed by atoms with Crippen LogP contribution in [0.4, 0.5) is 4.39 Å². The Balaban J connectivity index is 2.07. The van der Waals surface area contributed by atoms with E-state index < -0.39 is 0 Å². The summed E-state index contributed by atoms with van der Waals surface area (Å²) in [6.07, 6.45) is 1.58. The molecule has 1 aromatic carbocycles. The fraction of sp³-hybridized carbons (Fsp3) is 0.385. The Kier molecular flexibility index (Phi) is 4.50. The summed E-state index contributed by atoms with van der Waals surface area (Å²) in [7, 11) is 0. The minimum absolute atomic E-state index is 0.278. The second kappa shape index (κ2) is 6.12. The molecule has 102 valence electrons. The highest BCUT2D eigenvalue weighted by molar-refractivity contribution is 6.31. The molecule has 2 aromatic rings. The van der Waals surface area contributed by atoms with Crippen LogP contribution in [-0.4, -0.2) is 20.8 Å². The van der Waals surface area contributed by atoms with Crippen molar-refractivity contribution in [3.63, 3.8) is 0 Å². The van der Waals surface area contributed by atoms with E-state index in [0.29, 0.717) is 29.0 Å². The summed E-state index contributed by atoms with van der Waals surface area (Å²) >= 11 is 5.98.